The van der Waals surface area contributed by atoms with Crippen LogP contribution in [0.3, 0.4) is 0 Å². The zero-order chi connectivity index (χ0) is 14.9. The quantitative estimate of drug-likeness (QED) is 0.615. The summed E-state index contributed by atoms with van der Waals surface area (Å²) in [6.45, 7) is 2.75. The largest absolute Gasteiger partial charge is 0.352 e. The van der Waals surface area contributed by atoms with E-state index < -0.39 is 0 Å². The molecule has 1 N–H and O–H groups in total. The van der Waals surface area contributed by atoms with Crippen LogP contribution < -0.4 is 5.32 Å². The molecule has 1 heterocycles. The Morgan fingerprint density at radius 1 is 1.33 bits per heavy atom. The van der Waals surface area contributed by atoms with E-state index in [1.54, 1.807) is 17.4 Å². The highest BCUT2D eigenvalue weighted by atomic mass is 32.2. The number of benzene rings is 1. The van der Waals surface area contributed by atoms with Crippen molar-refractivity contribution in [2.75, 3.05) is 12.3 Å². The molecule has 2 rings (SSSR count). The van der Waals surface area contributed by atoms with Gasteiger partial charge in [0.1, 0.15) is 0 Å². The number of thioether (sulfide) groups is 1. The summed E-state index contributed by atoms with van der Waals surface area (Å²) in [5, 5.41) is 5.00. The highest BCUT2D eigenvalue weighted by Gasteiger charge is 1.97. The van der Waals surface area contributed by atoms with Crippen LogP contribution in [0.2, 0.25) is 0 Å². The van der Waals surface area contributed by atoms with Crippen LogP contribution in [0.5, 0.6) is 0 Å². The first-order chi connectivity index (χ1) is 10.2. The van der Waals surface area contributed by atoms with Crippen LogP contribution in [0.25, 0.3) is 6.08 Å². The Bertz CT molecular complexity index is 591. The Balaban J connectivity index is 1.63. The average molecular weight is 317 g/mol. The first kappa shape index (κ1) is 15.9. The highest BCUT2D eigenvalue weighted by molar-refractivity contribution is 7.98. The Morgan fingerprint density at radius 2 is 2.24 bits per heavy atom. The molecule has 0 atom stereocenters. The zero-order valence-corrected chi connectivity index (χ0v) is 13.7. The van der Waals surface area contributed by atoms with Crippen LogP contribution in [-0.4, -0.2) is 18.2 Å². The number of hydrogen-bond acceptors (Lipinski definition) is 3. The summed E-state index contributed by atoms with van der Waals surface area (Å²) >= 11 is 3.62. The molecule has 1 amide bonds. The Kier molecular flexibility index (Phi) is 6.57. The molecule has 0 saturated carbocycles. The standard InChI is InChI=1S/C17H19NOS2/c1-14-4-2-5-15(12-14)7-8-17(19)18-9-11-20-13-16-6-3-10-21-16/h2-8,10,12H,9,11,13H2,1H3,(H,18,19)/b8-7+. The minimum atomic E-state index is -0.0340. The van der Waals surface area contributed by atoms with Crippen molar-refractivity contribution in [3.05, 3.63) is 63.9 Å². The SMILES string of the molecule is Cc1cccc(/C=C/C(=O)NCCSCc2cccs2)c1. The number of amides is 1. The lowest BCUT2D eigenvalue weighted by molar-refractivity contribution is -0.116. The maximum absolute atomic E-state index is 11.7. The summed E-state index contributed by atoms with van der Waals surface area (Å²) in [5.41, 5.74) is 2.25. The summed E-state index contributed by atoms with van der Waals surface area (Å²) in [5.74, 6) is 1.92. The summed E-state index contributed by atoms with van der Waals surface area (Å²) in [6.07, 6.45) is 3.44. The van der Waals surface area contributed by atoms with E-state index in [9.17, 15) is 4.79 Å². The third-order valence-corrected chi connectivity index (χ3v) is 4.91. The number of carbonyl (C=O) groups excluding carboxylic acids is 1. The monoisotopic (exact) mass is 317 g/mol. The molecule has 0 spiro atoms. The molecule has 0 saturated heterocycles. The third-order valence-electron chi connectivity index (χ3n) is 2.84. The topological polar surface area (TPSA) is 29.1 Å². The Hall–Kier alpha value is -1.52. The lowest BCUT2D eigenvalue weighted by atomic mass is 10.1. The number of rotatable bonds is 7. The molecular formula is C17H19NOS2. The van der Waals surface area contributed by atoms with Gasteiger partial charge in [-0.25, -0.2) is 0 Å². The smallest absolute Gasteiger partial charge is 0.244 e. The van der Waals surface area contributed by atoms with E-state index in [1.807, 2.05) is 43.0 Å². The molecule has 21 heavy (non-hydrogen) atoms. The number of aryl methyl sites for hydroxylation is 1. The molecule has 0 radical (unpaired) electrons. The summed E-state index contributed by atoms with van der Waals surface area (Å²) < 4.78 is 0. The van der Waals surface area contributed by atoms with Gasteiger partial charge >= 0.3 is 0 Å². The van der Waals surface area contributed by atoms with Gasteiger partial charge in [-0.3, -0.25) is 4.79 Å². The lowest BCUT2D eigenvalue weighted by Crippen LogP contribution is -2.23. The van der Waals surface area contributed by atoms with Gasteiger partial charge in [0, 0.05) is 29.0 Å². The molecular weight excluding hydrogens is 298 g/mol. The predicted molar refractivity (Wildman–Crippen MR) is 93.7 cm³/mol. The fourth-order valence-corrected chi connectivity index (χ4v) is 3.52. The maximum Gasteiger partial charge on any atom is 0.244 e. The molecule has 0 fully saturated rings. The normalized spacial score (nSPS) is 10.9. The second-order valence-corrected chi connectivity index (χ2v) is 6.81. The van der Waals surface area contributed by atoms with Crippen molar-refractivity contribution >= 4 is 35.1 Å². The Morgan fingerprint density at radius 3 is 3.00 bits per heavy atom. The fraction of sp³-hybridized carbons (Fsp3) is 0.235. The fourth-order valence-electron chi connectivity index (χ4n) is 1.82. The van der Waals surface area contributed by atoms with Crippen LogP contribution in [-0.2, 0) is 10.5 Å². The van der Waals surface area contributed by atoms with E-state index >= 15 is 0 Å². The van der Waals surface area contributed by atoms with Crippen LogP contribution in [0.15, 0.2) is 47.9 Å². The van der Waals surface area contributed by atoms with Gasteiger partial charge in [0.25, 0.3) is 0 Å². The van der Waals surface area contributed by atoms with Gasteiger partial charge in [-0.2, -0.15) is 11.8 Å². The molecule has 0 aliphatic heterocycles. The third kappa shape index (κ3) is 6.19. The van der Waals surface area contributed by atoms with Gasteiger partial charge in [0.15, 0.2) is 0 Å². The molecule has 0 unspecified atom stereocenters. The van der Waals surface area contributed by atoms with Crippen LogP contribution >= 0.6 is 23.1 Å². The maximum atomic E-state index is 11.7. The van der Waals surface area contributed by atoms with Crippen molar-refractivity contribution in [1.82, 2.24) is 5.32 Å². The molecule has 2 aromatic rings. The van der Waals surface area contributed by atoms with Gasteiger partial charge in [-0.05, 0) is 30.0 Å². The molecule has 0 aliphatic carbocycles. The molecule has 0 aliphatic rings. The van der Waals surface area contributed by atoms with Gasteiger partial charge in [0.2, 0.25) is 5.91 Å². The summed E-state index contributed by atoms with van der Waals surface area (Å²) in [7, 11) is 0. The number of hydrogen-bond donors (Lipinski definition) is 1. The summed E-state index contributed by atoms with van der Waals surface area (Å²) in [4.78, 5) is 13.1. The van der Waals surface area contributed by atoms with E-state index in [2.05, 4.69) is 28.9 Å². The van der Waals surface area contributed by atoms with Gasteiger partial charge in [0.05, 0.1) is 0 Å². The number of carbonyl (C=O) groups is 1. The van der Waals surface area contributed by atoms with Crippen LogP contribution in [0.1, 0.15) is 16.0 Å². The highest BCUT2D eigenvalue weighted by Crippen LogP contribution is 2.16. The van der Waals surface area contributed by atoms with Crippen molar-refractivity contribution in [2.24, 2.45) is 0 Å². The van der Waals surface area contributed by atoms with Crippen molar-refractivity contribution < 1.29 is 4.79 Å². The van der Waals surface area contributed by atoms with E-state index in [-0.39, 0.29) is 5.91 Å². The van der Waals surface area contributed by atoms with Crippen molar-refractivity contribution in [3.8, 4) is 0 Å². The Labute approximate surface area is 134 Å². The molecule has 110 valence electrons. The van der Waals surface area contributed by atoms with E-state index in [1.165, 1.54) is 10.4 Å². The zero-order valence-electron chi connectivity index (χ0n) is 12.0. The van der Waals surface area contributed by atoms with E-state index in [4.69, 9.17) is 0 Å². The first-order valence-corrected chi connectivity index (χ1v) is 8.90. The second-order valence-electron chi connectivity index (χ2n) is 4.67. The van der Waals surface area contributed by atoms with Gasteiger partial charge in [-0.15, -0.1) is 11.3 Å². The first-order valence-electron chi connectivity index (χ1n) is 6.87. The minimum absolute atomic E-state index is 0.0340. The average Bonchev–Trinajstić information content (AvgIpc) is 2.98. The van der Waals surface area contributed by atoms with Crippen molar-refractivity contribution in [2.45, 2.75) is 12.7 Å². The minimum Gasteiger partial charge on any atom is -0.352 e. The van der Waals surface area contributed by atoms with E-state index in [0.717, 1.165) is 17.1 Å². The van der Waals surface area contributed by atoms with Crippen molar-refractivity contribution in [1.29, 1.82) is 0 Å². The summed E-state index contributed by atoms with van der Waals surface area (Å²) in [6, 6.07) is 12.3. The molecule has 2 nitrogen and oxygen atoms in total. The number of thiophene rings is 1. The van der Waals surface area contributed by atoms with Crippen molar-refractivity contribution in [3.63, 3.8) is 0 Å². The van der Waals surface area contributed by atoms with E-state index in [0.29, 0.717) is 6.54 Å². The molecule has 0 bridgehead atoms. The molecule has 1 aromatic heterocycles. The second kappa shape index (κ2) is 8.70. The van der Waals surface area contributed by atoms with Crippen LogP contribution in [0.4, 0.5) is 0 Å². The van der Waals surface area contributed by atoms with Crippen LogP contribution in [0, 0.1) is 6.92 Å². The molecule has 1 aromatic carbocycles. The lowest BCUT2D eigenvalue weighted by Gasteiger charge is -2.02. The molecule has 4 heteroatoms. The van der Waals surface area contributed by atoms with Gasteiger partial charge in [-0.1, -0.05) is 35.9 Å². The number of nitrogens with one attached hydrogen (secondary N) is 1. The van der Waals surface area contributed by atoms with Gasteiger partial charge < -0.3 is 5.32 Å². The predicted octanol–water partition coefficient (Wildman–Crippen LogP) is 4.12.